The van der Waals surface area contributed by atoms with Gasteiger partial charge in [-0.15, -0.1) is 0 Å². The van der Waals surface area contributed by atoms with E-state index in [1.165, 1.54) is 25.1 Å². The van der Waals surface area contributed by atoms with Crippen molar-refractivity contribution in [2.75, 3.05) is 12.1 Å². The molecule has 2 aliphatic rings. The number of carbonyl (C=O) groups excluding carboxylic acids is 4. The molecule has 0 fully saturated rings. The number of aryl methyl sites for hydroxylation is 1. The van der Waals surface area contributed by atoms with Crippen LogP contribution in [-0.4, -0.2) is 41.5 Å². The summed E-state index contributed by atoms with van der Waals surface area (Å²) in [5.74, 6) is -1.09. The average Bonchev–Trinajstić information content (AvgIpc) is 3.43. The maximum Gasteiger partial charge on any atom is 0.338 e. The standard InChI is InChI=1S/C27H22N2O7/c1-15-5-3-4-6-21(15)28-24(30)16(2)36-27(33)18-8-9-19-20(12-18)26(32)29(25(19)31)13-17-7-10-22-23(11-17)35-14-34-22/h3-12,16H,13-14H2,1-2H3,(H,28,30)/t16-/m0/s1. The van der Waals surface area contributed by atoms with E-state index in [1.54, 1.807) is 30.3 Å². The Hall–Kier alpha value is -4.66. The van der Waals surface area contributed by atoms with Gasteiger partial charge in [0.25, 0.3) is 17.7 Å². The number of benzene rings is 3. The summed E-state index contributed by atoms with van der Waals surface area (Å²) >= 11 is 0. The first-order valence-electron chi connectivity index (χ1n) is 11.3. The van der Waals surface area contributed by atoms with E-state index in [4.69, 9.17) is 14.2 Å². The molecule has 0 saturated carbocycles. The lowest BCUT2D eigenvalue weighted by Crippen LogP contribution is -2.30. The molecule has 3 amide bonds. The fraction of sp³-hybridized carbons (Fsp3) is 0.185. The van der Waals surface area contributed by atoms with Crippen molar-refractivity contribution in [3.63, 3.8) is 0 Å². The number of hydrogen-bond donors (Lipinski definition) is 1. The number of esters is 1. The van der Waals surface area contributed by atoms with Crippen LogP contribution in [0.3, 0.4) is 0 Å². The Bertz CT molecular complexity index is 1410. The summed E-state index contributed by atoms with van der Waals surface area (Å²) in [5, 5.41) is 2.73. The van der Waals surface area contributed by atoms with Gasteiger partial charge in [-0.05, 0) is 61.4 Å². The lowest BCUT2D eigenvalue weighted by molar-refractivity contribution is -0.123. The lowest BCUT2D eigenvalue weighted by atomic mass is 10.1. The van der Waals surface area contributed by atoms with Crippen LogP contribution in [-0.2, 0) is 16.1 Å². The second-order valence-electron chi connectivity index (χ2n) is 8.50. The SMILES string of the molecule is Cc1ccccc1NC(=O)[C@H](C)OC(=O)c1ccc2c(c1)C(=O)N(Cc1ccc3c(c1)OCO3)C2=O. The van der Waals surface area contributed by atoms with E-state index < -0.39 is 29.8 Å². The van der Waals surface area contributed by atoms with Crippen LogP contribution in [0.1, 0.15) is 49.1 Å². The molecule has 36 heavy (non-hydrogen) atoms. The fourth-order valence-electron chi connectivity index (χ4n) is 4.01. The van der Waals surface area contributed by atoms with Crippen LogP contribution >= 0.6 is 0 Å². The predicted octanol–water partition coefficient (Wildman–Crippen LogP) is 3.70. The van der Waals surface area contributed by atoms with Crippen molar-refractivity contribution >= 4 is 29.4 Å². The van der Waals surface area contributed by atoms with E-state index in [9.17, 15) is 19.2 Å². The highest BCUT2D eigenvalue weighted by Gasteiger charge is 2.36. The summed E-state index contributed by atoms with van der Waals surface area (Å²) in [7, 11) is 0. The molecule has 0 unspecified atom stereocenters. The van der Waals surface area contributed by atoms with E-state index in [0.29, 0.717) is 22.7 Å². The van der Waals surface area contributed by atoms with Gasteiger partial charge in [0.05, 0.1) is 23.2 Å². The van der Waals surface area contributed by atoms with Gasteiger partial charge in [-0.2, -0.15) is 0 Å². The first-order valence-corrected chi connectivity index (χ1v) is 11.3. The van der Waals surface area contributed by atoms with Gasteiger partial charge in [-0.3, -0.25) is 19.3 Å². The van der Waals surface area contributed by atoms with Crippen molar-refractivity contribution in [3.05, 3.63) is 88.5 Å². The van der Waals surface area contributed by atoms with Gasteiger partial charge in [0.2, 0.25) is 6.79 Å². The molecule has 0 aromatic heterocycles. The van der Waals surface area contributed by atoms with Gasteiger partial charge in [0.1, 0.15) is 0 Å². The number of nitrogens with zero attached hydrogens (tertiary/aromatic N) is 1. The number of carbonyl (C=O) groups is 4. The molecule has 9 nitrogen and oxygen atoms in total. The topological polar surface area (TPSA) is 111 Å². The smallest absolute Gasteiger partial charge is 0.338 e. The van der Waals surface area contributed by atoms with Crippen molar-refractivity contribution in [1.82, 2.24) is 4.90 Å². The summed E-state index contributed by atoms with van der Waals surface area (Å²) in [6, 6.07) is 16.6. The van der Waals surface area contributed by atoms with Crippen LogP contribution in [0.5, 0.6) is 11.5 Å². The molecule has 182 valence electrons. The zero-order valence-corrected chi connectivity index (χ0v) is 19.6. The van der Waals surface area contributed by atoms with E-state index >= 15 is 0 Å². The van der Waals surface area contributed by atoms with E-state index in [2.05, 4.69) is 5.32 Å². The second kappa shape index (κ2) is 9.18. The van der Waals surface area contributed by atoms with Crippen molar-refractivity contribution in [1.29, 1.82) is 0 Å². The first kappa shape index (κ1) is 23.1. The minimum atomic E-state index is -1.08. The largest absolute Gasteiger partial charge is 0.454 e. The van der Waals surface area contributed by atoms with Crippen LogP contribution in [0.25, 0.3) is 0 Å². The highest BCUT2D eigenvalue weighted by molar-refractivity contribution is 6.21. The van der Waals surface area contributed by atoms with Crippen molar-refractivity contribution in [2.45, 2.75) is 26.5 Å². The molecule has 0 bridgehead atoms. The highest BCUT2D eigenvalue weighted by Crippen LogP contribution is 2.34. The van der Waals surface area contributed by atoms with E-state index in [0.717, 1.165) is 10.5 Å². The zero-order valence-electron chi connectivity index (χ0n) is 19.6. The van der Waals surface area contributed by atoms with Crippen molar-refractivity contribution in [3.8, 4) is 11.5 Å². The summed E-state index contributed by atoms with van der Waals surface area (Å²) in [4.78, 5) is 52.2. The van der Waals surface area contributed by atoms with Crippen LogP contribution in [0.4, 0.5) is 5.69 Å². The normalized spacial score (nSPS) is 14.4. The van der Waals surface area contributed by atoms with Gasteiger partial charge in [-0.25, -0.2) is 4.79 Å². The third kappa shape index (κ3) is 4.26. The molecule has 2 heterocycles. The Morgan fingerprint density at radius 3 is 2.53 bits per heavy atom. The van der Waals surface area contributed by atoms with Crippen LogP contribution in [0.2, 0.25) is 0 Å². The van der Waals surface area contributed by atoms with Gasteiger partial charge in [0.15, 0.2) is 17.6 Å². The second-order valence-corrected chi connectivity index (χ2v) is 8.50. The molecular formula is C27H22N2O7. The number of rotatable bonds is 6. The predicted molar refractivity (Wildman–Crippen MR) is 128 cm³/mol. The Labute approximate surface area is 206 Å². The van der Waals surface area contributed by atoms with E-state index in [-0.39, 0.29) is 30.0 Å². The summed E-state index contributed by atoms with van der Waals surface area (Å²) in [5.41, 5.74) is 2.55. The Balaban J connectivity index is 1.27. The van der Waals surface area contributed by atoms with Crippen LogP contribution in [0.15, 0.2) is 60.7 Å². The molecule has 0 aliphatic carbocycles. The van der Waals surface area contributed by atoms with Crippen LogP contribution in [0, 0.1) is 6.92 Å². The maximum absolute atomic E-state index is 13.0. The maximum atomic E-state index is 13.0. The monoisotopic (exact) mass is 486 g/mol. The number of ether oxygens (including phenoxy) is 3. The number of anilines is 1. The number of imide groups is 1. The molecule has 2 aliphatic heterocycles. The lowest BCUT2D eigenvalue weighted by Gasteiger charge is -2.15. The number of amides is 3. The number of nitrogens with one attached hydrogen (secondary N) is 1. The zero-order chi connectivity index (χ0) is 25.4. The molecule has 0 saturated heterocycles. The van der Waals surface area contributed by atoms with Gasteiger partial charge in [-0.1, -0.05) is 24.3 Å². The average molecular weight is 486 g/mol. The molecule has 0 radical (unpaired) electrons. The molecule has 5 rings (SSSR count). The Morgan fingerprint density at radius 1 is 0.972 bits per heavy atom. The Kier molecular flexibility index (Phi) is 5.89. The molecule has 3 aromatic rings. The molecular weight excluding hydrogens is 464 g/mol. The van der Waals surface area contributed by atoms with Gasteiger partial charge in [0, 0.05) is 5.69 Å². The minimum Gasteiger partial charge on any atom is -0.454 e. The number of para-hydroxylation sites is 1. The van der Waals surface area contributed by atoms with Gasteiger partial charge >= 0.3 is 5.97 Å². The highest BCUT2D eigenvalue weighted by atomic mass is 16.7. The Morgan fingerprint density at radius 2 is 1.72 bits per heavy atom. The molecule has 3 aromatic carbocycles. The fourth-order valence-corrected chi connectivity index (χ4v) is 4.01. The molecule has 1 N–H and O–H groups in total. The summed E-state index contributed by atoms with van der Waals surface area (Å²) in [6.07, 6.45) is -1.08. The van der Waals surface area contributed by atoms with Crippen molar-refractivity contribution < 1.29 is 33.4 Å². The third-order valence-electron chi connectivity index (χ3n) is 6.04. The molecule has 1 atom stereocenters. The van der Waals surface area contributed by atoms with E-state index in [1.807, 2.05) is 19.1 Å². The minimum absolute atomic E-state index is 0.0406. The number of fused-ring (bicyclic) bond motifs is 2. The number of hydrogen-bond acceptors (Lipinski definition) is 7. The quantitative estimate of drug-likeness (QED) is 0.418. The summed E-state index contributed by atoms with van der Waals surface area (Å²) < 4.78 is 16.0. The van der Waals surface area contributed by atoms with Crippen molar-refractivity contribution in [2.24, 2.45) is 0 Å². The summed E-state index contributed by atoms with van der Waals surface area (Å²) in [6.45, 7) is 3.47. The van der Waals surface area contributed by atoms with Gasteiger partial charge < -0.3 is 19.5 Å². The third-order valence-corrected chi connectivity index (χ3v) is 6.04. The molecule has 0 spiro atoms. The first-order chi connectivity index (χ1) is 17.3. The van der Waals surface area contributed by atoms with Crippen LogP contribution < -0.4 is 14.8 Å². The molecule has 9 heteroatoms.